The third-order valence-corrected chi connectivity index (χ3v) is 1.92. The molecule has 0 saturated carbocycles. The van der Waals surface area contributed by atoms with Gasteiger partial charge in [0.1, 0.15) is 17.2 Å². The Bertz CT molecular complexity index is 358. The molecule has 6 heteroatoms. The van der Waals surface area contributed by atoms with Crippen LogP contribution < -0.4 is 19.5 Å². The van der Waals surface area contributed by atoms with E-state index in [1.165, 1.54) is 14.2 Å². The van der Waals surface area contributed by atoms with E-state index in [1.54, 1.807) is 18.2 Å². The van der Waals surface area contributed by atoms with Gasteiger partial charge in [-0.05, 0) is 0 Å². The van der Waals surface area contributed by atoms with Gasteiger partial charge in [-0.2, -0.15) is 0 Å². The molecule has 0 aliphatic rings. The summed E-state index contributed by atoms with van der Waals surface area (Å²) in [7, 11) is 3.01. The minimum atomic E-state index is -0.644. The number of carbonyl (C=O) groups excluding carboxylic acids is 1. The van der Waals surface area contributed by atoms with Crippen molar-refractivity contribution in [3.63, 3.8) is 0 Å². The van der Waals surface area contributed by atoms with Crippen molar-refractivity contribution in [3.8, 4) is 17.2 Å². The van der Waals surface area contributed by atoms with Gasteiger partial charge >= 0.3 is 6.09 Å². The van der Waals surface area contributed by atoms with Crippen LogP contribution in [0.3, 0.4) is 0 Å². The minimum Gasteiger partial charge on any atom is -0.496 e. The van der Waals surface area contributed by atoms with Crippen molar-refractivity contribution >= 4 is 6.09 Å². The molecule has 1 aromatic carbocycles. The van der Waals surface area contributed by atoms with Crippen LogP contribution in [0.15, 0.2) is 18.2 Å². The van der Waals surface area contributed by atoms with Crippen molar-refractivity contribution in [3.05, 3.63) is 18.2 Å². The number of rotatable bonds is 5. The standard InChI is InChI=1S/C11H15NO5/c1-15-8-5-9(16-2)7-10(6-8)17-11(14)12-3-4-13/h5-7,13H,3-4H2,1-2H3,(H,12,14). The highest BCUT2D eigenvalue weighted by molar-refractivity contribution is 5.70. The number of hydrogen-bond donors (Lipinski definition) is 2. The van der Waals surface area contributed by atoms with Crippen molar-refractivity contribution in [2.75, 3.05) is 27.4 Å². The summed E-state index contributed by atoms with van der Waals surface area (Å²) in [4.78, 5) is 11.2. The molecule has 2 N–H and O–H groups in total. The summed E-state index contributed by atoms with van der Waals surface area (Å²) < 4.78 is 15.0. The van der Waals surface area contributed by atoms with Gasteiger partial charge in [0.05, 0.1) is 20.8 Å². The summed E-state index contributed by atoms with van der Waals surface area (Å²) >= 11 is 0. The van der Waals surface area contributed by atoms with Crippen molar-refractivity contribution in [1.29, 1.82) is 0 Å². The highest BCUT2D eigenvalue weighted by atomic mass is 16.6. The molecule has 0 aliphatic carbocycles. The highest BCUT2D eigenvalue weighted by Gasteiger charge is 2.07. The second-order valence-corrected chi connectivity index (χ2v) is 3.09. The molecule has 6 nitrogen and oxygen atoms in total. The number of nitrogens with one attached hydrogen (secondary N) is 1. The van der Waals surface area contributed by atoms with Gasteiger partial charge in [-0.1, -0.05) is 0 Å². The van der Waals surface area contributed by atoms with Crippen LogP contribution in [0.2, 0.25) is 0 Å². The Kier molecular flexibility index (Phi) is 5.09. The lowest BCUT2D eigenvalue weighted by Gasteiger charge is -2.09. The molecule has 0 aromatic heterocycles. The average molecular weight is 241 g/mol. The second-order valence-electron chi connectivity index (χ2n) is 3.09. The maximum absolute atomic E-state index is 11.2. The molecule has 0 heterocycles. The van der Waals surface area contributed by atoms with Gasteiger partial charge < -0.3 is 24.6 Å². The Morgan fingerprint density at radius 1 is 1.18 bits per heavy atom. The highest BCUT2D eigenvalue weighted by Crippen LogP contribution is 2.27. The summed E-state index contributed by atoms with van der Waals surface area (Å²) in [6, 6.07) is 4.78. The third-order valence-electron chi connectivity index (χ3n) is 1.92. The maximum Gasteiger partial charge on any atom is 0.412 e. The van der Waals surface area contributed by atoms with Crippen molar-refractivity contribution < 1.29 is 24.1 Å². The summed E-state index contributed by atoms with van der Waals surface area (Å²) in [6.07, 6.45) is -0.644. The predicted octanol–water partition coefficient (Wildman–Crippen LogP) is 0.784. The van der Waals surface area contributed by atoms with Crippen molar-refractivity contribution in [1.82, 2.24) is 5.32 Å². The number of amides is 1. The minimum absolute atomic E-state index is 0.139. The van der Waals surface area contributed by atoms with Gasteiger partial charge in [-0.3, -0.25) is 0 Å². The monoisotopic (exact) mass is 241 g/mol. The summed E-state index contributed by atoms with van der Waals surface area (Å²) in [5, 5.41) is 10.9. The SMILES string of the molecule is COc1cc(OC)cc(OC(=O)NCCO)c1. The molecule has 0 radical (unpaired) electrons. The first kappa shape index (κ1) is 13.1. The van der Waals surface area contributed by atoms with E-state index < -0.39 is 6.09 Å². The van der Waals surface area contributed by atoms with Crippen LogP contribution in [-0.2, 0) is 0 Å². The molecular formula is C11H15NO5. The largest absolute Gasteiger partial charge is 0.496 e. The molecular weight excluding hydrogens is 226 g/mol. The molecule has 1 rings (SSSR count). The van der Waals surface area contributed by atoms with E-state index in [0.717, 1.165) is 0 Å². The number of benzene rings is 1. The Morgan fingerprint density at radius 3 is 2.18 bits per heavy atom. The first-order chi connectivity index (χ1) is 8.19. The molecule has 17 heavy (non-hydrogen) atoms. The smallest absolute Gasteiger partial charge is 0.412 e. The number of carbonyl (C=O) groups is 1. The van der Waals surface area contributed by atoms with E-state index in [-0.39, 0.29) is 13.2 Å². The van der Waals surface area contributed by atoms with E-state index in [9.17, 15) is 4.79 Å². The van der Waals surface area contributed by atoms with Gasteiger partial charge in [-0.15, -0.1) is 0 Å². The van der Waals surface area contributed by atoms with Gasteiger partial charge in [0.25, 0.3) is 0 Å². The summed E-state index contributed by atoms with van der Waals surface area (Å²) in [5.74, 6) is 1.35. The summed E-state index contributed by atoms with van der Waals surface area (Å²) in [6.45, 7) is -0.00350. The third kappa shape index (κ3) is 4.20. The number of methoxy groups -OCH3 is 2. The molecule has 0 aliphatic heterocycles. The maximum atomic E-state index is 11.2. The van der Waals surface area contributed by atoms with Crippen LogP contribution in [0, 0.1) is 0 Å². The molecule has 0 fully saturated rings. The van der Waals surface area contributed by atoms with Gasteiger partial charge in [0.15, 0.2) is 0 Å². The summed E-state index contributed by atoms with van der Waals surface area (Å²) in [5.41, 5.74) is 0. The van der Waals surface area contributed by atoms with Crippen LogP contribution in [0.1, 0.15) is 0 Å². The van der Waals surface area contributed by atoms with Gasteiger partial charge in [0.2, 0.25) is 0 Å². The molecule has 94 valence electrons. The van der Waals surface area contributed by atoms with E-state index >= 15 is 0 Å². The lowest BCUT2D eigenvalue weighted by molar-refractivity contribution is 0.195. The molecule has 1 aromatic rings. The van der Waals surface area contributed by atoms with Crippen LogP contribution in [0.4, 0.5) is 4.79 Å². The van der Waals surface area contributed by atoms with E-state index in [4.69, 9.17) is 19.3 Å². The first-order valence-corrected chi connectivity index (χ1v) is 4.99. The lowest BCUT2D eigenvalue weighted by Crippen LogP contribution is -2.29. The Balaban J connectivity index is 2.72. The number of aliphatic hydroxyl groups is 1. The second kappa shape index (κ2) is 6.59. The Hall–Kier alpha value is -1.95. The number of ether oxygens (including phenoxy) is 3. The molecule has 0 spiro atoms. The van der Waals surface area contributed by atoms with Crippen LogP contribution >= 0.6 is 0 Å². The quantitative estimate of drug-likeness (QED) is 0.796. The van der Waals surface area contributed by atoms with E-state index in [0.29, 0.717) is 17.2 Å². The Labute approximate surface area is 99.1 Å². The molecule has 0 bridgehead atoms. The van der Waals surface area contributed by atoms with Crippen molar-refractivity contribution in [2.24, 2.45) is 0 Å². The fourth-order valence-corrected chi connectivity index (χ4v) is 1.14. The zero-order chi connectivity index (χ0) is 12.7. The number of hydrogen-bond acceptors (Lipinski definition) is 5. The molecule has 0 saturated heterocycles. The van der Waals surface area contributed by atoms with Crippen LogP contribution in [-0.4, -0.2) is 38.6 Å². The zero-order valence-electron chi connectivity index (χ0n) is 9.73. The van der Waals surface area contributed by atoms with Gasteiger partial charge in [0, 0.05) is 24.7 Å². The topological polar surface area (TPSA) is 77.0 Å². The molecule has 0 unspecified atom stereocenters. The number of aliphatic hydroxyl groups excluding tert-OH is 1. The average Bonchev–Trinajstić information content (AvgIpc) is 2.35. The fourth-order valence-electron chi connectivity index (χ4n) is 1.14. The molecule has 1 amide bonds. The van der Waals surface area contributed by atoms with Crippen LogP contribution in [0.25, 0.3) is 0 Å². The molecule has 0 atom stereocenters. The van der Waals surface area contributed by atoms with E-state index in [2.05, 4.69) is 5.32 Å². The van der Waals surface area contributed by atoms with Crippen LogP contribution in [0.5, 0.6) is 17.2 Å². The lowest BCUT2D eigenvalue weighted by atomic mass is 10.3. The van der Waals surface area contributed by atoms with Gasteiger partial charge in [-0.25, -0.2) is 4.79 Å². The first-order valence-electron chi connectivity index (χ1n) is 4.99. The van der Waals surface area contributed by atoms with E-state index in [1.807, 2.05) is 0 Å². The fraction of sp³-hybridized carbons (Fsp3) is 0.364. The van der Waals surface area contributed by atoms with Crippen molar-refractivity contribution in [2.45, 2.75) is 0 Å². The zero-order valence-corrected chi connectivity index (χ0v) is 9.73. The normalized spacial score (nSPS) is 9.59. The predicted molar refractivity (Wildman–Crippen MR) is 60.7 cm³/mol. The Morgan fingerprint density at radius 2 is 1.71 bits per heavy atom.